The molecular formula is C22H23N3O4. The van der Waals surface area contributed by atoms with Gasteiger partial charge in [0.2, 0.25) is 11.7 Å². The maximum atomic E-state index is 11.9. The van der Waals surface area contributed by atoms with E-state index in [1.807, 2.05) is 62.4 Å². The summed E-state index contributed by atoms with van der Waals surface area (Å²) < 4.78 is 10.2. The number of carbonyl (C=O) groups excluding carboxylic acids is 2. The van der Waals surface area contributed by atoms with Gasteiger partial charge in [-0.25, -0.2) is 0 Å². The predicted molar refractivity (Wildman–Crippen MR) is 107 cm³/mol. The average Bonchev–Trinajstić information content (AvgIpc) is 3.19. The summed E-state index contributed by atoms with van der Waals surface area (Å²) in [5, 5.41) is 6.66. The highest BCUT2D eigenvalue weighted by Gasteiger charge is 2.13. The fraction of sp³-hybridized carbons (Fsp3) is 0.273. The maximum absolute atomic E-state index is 11.9. The van der Waals surface area contributed by atoms with Gasteiger partial charge in [0.15, 0.2) is 6.61 Å². The molecular weight excluding hydrogens is 370 g/mol. The summed E-state index contributed by atoms with van der Waals surface area (Å²) in [6.07, 6.45) is 0.309. The number of nitrogens with zero attached hydrogens (tertiary/aromatic N) is 2. The van der Waals surface area contributed by atoms with E-state index >= 15 is 0 Å². The number of aromatic nitrogens is 2. The number of hydrogen-bond acceptors (Lipinski definition) is 6. The Bertz CT molecular complexity index is 980. The van der Waals surface area contributed by atoms with Gasteiger partial charge < -0.3 is 14.6 Å². The molecule has 3 rings (SSSR count). The monoisotopic (exact) mass is 393 g/mol. The Labute approximate surface area is 169 Å². The SMILES string of the molecule is Cc1ccc(-c2noc(CCC(=O)OCC(=O)NCc3ccccc3C)n2)cc1. The van der Waals surface area contributed by atoms with E-state index in [0.29, 0.717) is 18.3 Å². The number of nitrogens with one attached hydrogen (secondary N) is 1. The third-order valence-electron chi connectivity index (χ3n) is 4.42. The van der Waals surface area contributed by atoms with E-state index in [1.54, 1.807) is 0 Å². The number of benzene rings is 2. The third-order valence-corrected chi connectivity index (χ3v) is 4.42. The van der Waals surface area contributed by atoms with Crippen LogP contribution in [0.5, 0.6) is 0 Å². The second-order valence-corrected chi connectivity index (χ2v) is 6.74. The highest BCUT2D eigenvalue weighted by Crippen LogP contribution is 2.16. The summed E-state index contributed by atoms with van der Waals surface area (Å²) >= 11 is 0. The number of carbonyl (C=O) groups is 2. The lowest BCUT2D eigenvalue weighted by molar-refractivity contribution is -0.148. The van der Waals surface area contributed by atoms with Crippen molar-refractivity contribution in [1.29, 1.82) is 0 Å². The number of hydrogen-bond donors (Lipinski definition) is 1. The fourth-order valence-corrected chi connectivity index (χ4v) is 2.66. The topological polar surface area (TPSA) is 94.3 Å². The summed E-state index contributed by atoms with van der Waals surface area (Å²) in [7, 11) is 0. The molecule has 0 saturated heterocycles. The Hall–Kier alpha value is -3.48. The molecule has 29 heavy (non-hydrogen) atoms. The zero-order valence-electron chi connectivity index (χ0n) is 16.5. The van der Waals surface area contributed by atoms with Crippen molar-refractivity contribution >= 4 is 11.9 Å². The van der Waals surface area contributed by atoms with Crippen molar-refractivity contribution in [3.63, 3.8) is 0 Å². The molecule has 0 radical (unpaired) electrons. The van der Waals surface area contributed by atoms with Gasteiger partial charge in [0.05, 0.1) is 6.42 Å². The zero-order chi connectivity index (χ0) is 20.6. The summed E-state index contributed by atoms with van der Waals surface area (Å²) in [4.78, 5) is 28.0. The van der Waals surface area contributed by atoms with E-state index in [1.165, 1.54) is 0 Å². The molecule has 0 aliphatic carbocycles. The average molecular weight is 393 g/mol. The molecule has 1 amide bonds. The van der Waals surface area contributed by atoms with E-state index in [0.717, 1.165) is 22.3 Å². The van der Waals surface area contributed by atoms with Crippen molar-refractivity contribution in [3.05, 3.63) is 71.1 Å². The lowest BCUT2D eigenvalue weighted by atomic mass is 10.1. The van der Waals surface area contributed by atoms with Crippen molar-refractivity contribution in [2.75, 3.05) is 6.61 Å². The second kappa shape index (κ2) is 9.64. The molecule has 2 aromatic carbocycles. The molecule has 7 heteroatoms. The van der Waals surface area contributed by atoms with Crippen LogP contribution in [0, 0.1) is 13.8 Å². The minimum Gasteiger partial charge on any atom is -0.456 e. The van der Waals surface area contributed by atoms with Crippen LogP contribution in [0.3, 0.4) is 0 Å². The van der Waals surface area contributed by atoms with Crippen LogP contribution in [0.4, 0.5) is 0 Å². The van der Waals surface area contributed by atoms with Crippen LogP contribution < -0.4 is 5.32 Å². The summed E-state index contributed by atoms with van der Waals surface area (Å²) in [5.41, 5.74) is 4.10. The second-order valence-electron chi connectivity index (χ2n) is 6.74. The smallest absolute Gasteiger partial charge is 0.306 e. The van der Waals surface area contributed by atoms with Gasteiger partial charge in [-0.1, -0.05) is 59.3 Å². The molecule has 0 aliphatic rings. The lowest BCUT2D eigenvalue weighted by Gasteiger charge is -2.08. The minimum absolute atomic E-state index is 0.0562. The number of aryl methyl sites for hydroxylation is 3. The quantitative estimate of drug-likeness (QED) is 0.591. The van der Waals surface area contributed by atoms with E-state index in [4.69, 9.17) is 9.26 Å². The summed E-state index contributed by atoms with van der Waals surface area (Å²) in [6.45, 7) is 4.05. The van der Waals surface area contributed by atoms with Crippen molar-refractivity contribution < 1.29 is 18.8 Å². The standard InChI is InChI=1S/C22H23N3O4/c1-15-7-9-17(10-8-15)22-24-20(29-25-22)11-12-21(27)28-14-19(26)23-13-18-6-4-3-5-16(18)2/h3-10H,11-14H2,1-2H3,(H,23,26). The first kappa shape index (κ1) is 20.3. The molecule has 1 N–H and O–H groups in total. The minimum atomic E-state index is -0.494. The number of esters is 1. The molecule has 3 aromatic rings. The largest absolute Gasteiger partial charge is 0.456 e. The van der Waals surface area contributed by atoms with Crippen molar-refractivity contribution in [2.24, 2.45) is 0 Å². The number of ether oxygens (including phenoxy) is 1. The molecule has 0 aliphatic heterocycles. The van der Waals surface area contributed by atoms with Crippen molar-refractivity contribution in [2.45, 2.75) is 33.2 Å². The lowest BCUT2D eigenvalue weighted by Crippen LogP contribution is -2.28. The van der Waals surface area contributed by atoms with Gasteiger partial charge in [-0.15, -0.1) is 0 Å². The first-order valence-electron chi connectivity index (χ1n) is 9.38. The zero-order valence-corrected chi connectivity index (χ0v) is 16.5. The summed E-state index contributed by atoms with van der Waals surface area (Å²) in [5.74, 6) is -0.0161. The van der Waals surface area contributed by atoms with Crippen LogP contribution in [0.2, 0.25) is 0 Å². The Kier molecular flexibility index (Phi) is 6.73. The molecule has 1 aromatic heterocycles. The van der Waals surface area contributed by atoms with Gasteiger partial charge in [0, 0.05) is 18.5 Å². The molecule has 7 nitrogen and oxygen atoms in total. The first-order chi connectivity index (χ1) is 14.0. The van der Waals surface area contributed by atoms with E-state index < -0.39 is 5.97 Å². The van der Waals surface area contributed by atoms with Gasteiger partial charge in [0.1, 0.15) is 0 Å². The number of amides is 1. The van der Waals surface area contributed by atoms with Gasteiger partial charge in [0.25, 0.3) is 5.91 Å². The van der Waals surface area contributed by atoms with Crippen LogP contribution in [0.25, 0.3) is 11.4 Å². The molecule has 150 valence electrons. The van der Waals surface area contributed by atoms with Crippen LogP contribution in [-0.2, 0) is 27.3 Å². The molecule has 0 saturated carbocycles. The fourth-order valence-electron chi connectivity index (χ4n) is 2.66. The Morgan fingerprint density at radius 3 is 2.59 bits per heavy atom. The van der Waals surface area contributed by atoms with E-state index in [9.17, 15) is 9.59 Å². The van der Waals surface area contributed by atoms with E-state index in [-0.39, 0.29) is 25.4 Å². The van der Waals surface area contributed by atoms with Gasteiger partial charge >= 0.3 is 5.97 Å². The molecule has 0 bridgehead atoms. The molecule has 0 unspecified atom stereocenters. The molecule has 0 spiro atoms. The highest BCUT2D eigenvalue weighted by molar-refractivity contribution is 5.80. The number of rotatable bonds is 8. The van der Waals surface area contributed by atoms with Crippen molar-refractivity contribution in [3.8, 4) is 11.4 Å². The highest BCUT2D eigenvalue weighted by atomic mass is 16.5. The molecule has 0 atom stereocenters. The normalized spacial score (nSPS) is 10.6. The molecule has 0 fully saturated rings. The van der Waals surface area contributed by atoms with Crippen LogP contribution in [0.1, 0.15) is 29.0 Å². The van der Waals surface area contributed by atoms with Gasteiger partial charge in [-0.3, -0.25) is 9.59 Å². The van der Waals surface area contributed by atoms with Gasteiger partial charge in [-0.2, -0.15) is 4.98 Å². The van der Waals surface area contributed by atoms with Gasteiger partial charge in [-0.05, 0) is 25.0 Å². The van der Waals surface area contributed by atoms with Crippen LogP contribution in [0.15, 0.2) is 53.1 Å². The summed E-state index contributed by atoms with van der Waals surface area (Å²) in [6, 6.07) is 15.5. The Morgan fingerprint density at radius 1 is 1.07 bits per heavy atom. The van der Waals surface area contributed by atoms with Crippen LogP contribution in [-0.4, -0.2) is 28.6 Å². The Balaban J connectivity index is 1.39. The Morgan fingerprint density at radius 2 is 1.83 bits per heavy atom. The van der Waals surface area contributed by atoms with Crippen LogP contribution >= 0.6 is 0 Å². The maximum Gasteiger partial charge on any atom is 0.306 e. The predicted octanol–water partition coefficient (Wildman–Crippen LogP) is 3.15. The molecule has 1 heterocycles. The van der Waals surface area contributed by atoms with Crippen molar-refractivity contribution in [1.82, 2.24) is 15.5 Å². The van der Waals surface area contributed by atoms with E-state index in [2.05, 4.69) is 15.5 Å². The first-order valence-corrected chi connectivity index (χ1v) is 9.38. The third kappa shape index (κ3) is 6.00.